The van der Waals surface area contributed by atoms with Crippen molar-refractivity contribution in [1.82, 2.24) is 0 Å². The molecule has 0 saturated carbocycles. The van der Waals surface area contributed by atoms with E-state index in [1.807, 2.05) is 6.07 Å². The van der Waals surface area contributed by atoms with Crippen LogP contribution >= 0.6 is 0 Å². The molecule has 1 aliphatic heterocycles. The number of ether oxygens (including phenoxy) is 2. The quantitative estimate of drug-likeness (QED) is 0.691. The first-order valence-corrected chi connectivity index (χ1v) is 5.78. The molecule has 0 fully saturated rings. The maximum absolute atomic E-state index is 11.8. The van der Waals surface area contributed by atoms with Crippen molar-refractivity contribution in [3.8, 4) is 5.75 Å². The normalized spacial score (nSPS) is 13.6. The molecule has 1 heterocycles. The Balaban J connectivity index is 1.77. The zero-order valence-electron chi connectivity index (χ0n) is 9.38. The van der Waals surface area contributed by atoms with Gasteiger partial charge in [0.25, 0.3) is 0 Å². The van der Waals surface area contributed by atoms with Crippen LogP contribution in [0.3, 0.4) is 0 Å². The lowest BCUT2D eigenvalue weighted by Gasteiger charge is -2.05. The van der Waals surface area contributed by atoms with Crippen molar-refractivity contribution in [2.75, 3.05) is 26.5 Å². The third kappa shape index (κ3) is 2.95. The smallest absolute Gasteiger partial charge is 0.122 e. The summed E-state index contributed by atoms with van der Waals surface area (Å²) in [5, 5.41) is 0. The third-order valence-electron chi connectivity index (χ3n) is 2.71. The minimum absolute atomic E-state index is 0.295. The van der Waals surface area contributed by atoms with Gasteiger partial charge in [0.05, 0.1) is 19.9 Å². The number of rotatable bonds is 6. The predicted molar refractivity (Wildman–Crippen MR) is 60.8 cm³/mol. The zero-order chi connectivity index (χ0) is 11.2. The monoisotopic (exact) mass is 224 g/mol. The highest BCUT2D eigenvalue weighted by Crippen LogP contribution is 2.25. The number of fused-ring (bicyclic) bond motifs is 1. The fraction of sp³-hybridized carbons (Fsp3) is 0.538. The molecule has 0 N–H and O–H groups in total. The molecule has 1 aromatic carbocycles. The Bertz CT molecular complexity index is 339. The molecule has 1 aliphatic rings. The molecule has 0 saturated heterocycles. The first-order valence-electron chi connectivity index (χ1n) is 5.78. The van der Waals surface area contributed by atoms with Gasteiger partial charge in [-0.3, -0.25) is 4.39 Å². The second-order valence-corrected chi connectivity index (χ2v) is 3.95. The summed E-state index contributed by atoms with van der Waals surface area (Å²) < 4.78 is 22.6. The second-order valence-electron chi connectivity index (χ2n) is 3.95. The summed E-state index contributed by atoms with van der Waals surface area (Å²) in [4.78, 5) is 0. The minimum atomic E-state index is -0.295. The molecule has 0 radical (unpaired) electrons. The van der Waals surface area contributed by atoms with Gasteiger partial charge in [-0.15, -0.1) is 0 Å². The average molecular weight is 224 g/mol. The summed E-state index contributed by atoms with van der Waals surface area (Å²) in [6, 6.07) is 6.28. The van der Waals surface area contributed by atoms with Gasteiger partial charge in [0, 0.05) is 13.0 Å². The largest absolute Gasteiger partial charge is 0.493 e. The SMILES string of the molecule is FCCCOCCc1ccc2c(c1)CCO2. The number of alkyl halides is 1. The van der Waals surface area contributed by atoms with Gasteiger partial charge in [-0.05, 0) is 30.0 Å². The summed E-state index contributed by atoms with van der Waals surface area (Å²) >= 11 is 0. The van der Waals surface area contributed by atoms with Crippen molar-refractivity contribution >= 4 is 0 Å². The van der Waals surface area contributed by atoms with Gasteiger partial charge in [0.1, 0.15) is 5.75 Å². The Hall–Kier alpha value is -1.09. The van der Waals surface area contributed by atoms with Crippen LogP contribution in [-0.4, -0.2) is 26.5 Å². The molecular formula is C13H17FO2. The highest BCUT2D eigenvalue weighted by molar-refractivity contribution is 5.39. The summed E-state index contributed by atoms with van der Waals surface area (Å²) in [6.45, 7) is 1.69. The van der Waals surface area contributed by atoms with E-state index in [1.54, 1.807) is 0 Å². The van der Waals surface area contributed by atoms with Gasteiger partial charge in [-0.2, -0.15) is 0 Å². The summed E-state index contributed by atoms with van der Waals surface area (Å²) in [6.07, 6.45) is 2.39. The molecule has 0 unspecified atom stereocenters. The molecule has 16 heavy (non-hydrogen) atoms. The summed E-state index contributed by atoms with van der Waals surface area (Å²) in [5.74, 6) is 1.02. The molecular weight excluding hydrogens is 207 g/mol. The number of hydrogen-bond donors (Lipinski definition) is 0. The summed E-state index contributed by atoms with van der Waals surface area (Å²) in [5.41, 5.74) is 2.56. The number of benzene rings is 1. The topological polar surface area (TPSA) is 18.5 Å². The van der Waals surface area contributed by atoms with Crippen LogP contribution in [0.1, 0.15) is 17.5 Å². The van der Waals surface area contributed by atoms with E-state index in [-0.39, 0.29) is 6.67 Å². The lowest BCUT2D eigenvalue weighted by atomic mass is 10.1. The Morgan fingerprint density at radius 1 is 1.31 bits per heavy atom. The highest BCUT2D eigenvalue weighted by Gasteiger charge is 2.11. The van der Waals surface area contributed by atoms with E-state index in [0.29, 0.717) is 19.6 Å². The summed E-state index contributed by atoms with van der Waals surface area (Å²) in [7, 11) is 0. The Labute approximate surface area is 95.4 Å². The van der Waals surface area contributed by atoms with E-state index in [9.17, 15) is 4.39 Å². The van der Waals surface area contributed by atoms with Crippen LogP contribution in [-0.2, 0) is 17.6 Å². The van der Waals surface area contributed by atoms with Crippen molar-refractivity contribution in [2.45, 2.75) is 19.3 Å². The number of halogens is 1. The van der Waals surface area contributed by atoms with Crippen molar-refractivity contribution < 1.29 is 13.9 Å². The van der Waals surface area contributed by atoms with Crippen LogP contribution in [0.4, 0.5) is 4.39 Å². The van der Waals surface area contributed by atoms with E-state index in [2.05, 4.69) is 12.1 Å². The van der Waals surface area contributed by atoms with Crippen LogP contribution in [0.15, 0.2) is 18.2 Å². The Morgan fingerprint density at radius 3 is 3.12 bits per heavy atom. The Kier molecular flexibility index (Phi) is 4.17. The van der Waals surface area contributed by atoms with Crippen molar-refractivity contribution in [2.24, 2.45) is 0 Å². The predicted octanol–water partition coefficient (Wildman–Crippen LogP) is 2.54. The molecule has 0 aliphatic carbocycles. The van der Waals surface area contributed by atoms with Crippen LogP contribution in [0, 0.1) is 0 Å². The number of hydrogen-bond acceptors (Lipinski definition) is 2. The molecule has 2 nitrogen and oxygen atoms in total. The van der Waals surface area contributed by atoms with Crippen molar-refractivity contribution in [1.29, 1.82) is 0 Å². The van der Waals surface area contributed by atoms with Gasteiger partial charge in [-0.25, -0.2) is 0 Å². The van der Waals surface area contributed by atoms with Gasteiger partial charge in [-0.1, -0.05) is 12.1 Å². The maximum Gasteiger partial charge on any atom is 0.122 e. The van der Waals surface area contributed by atoms with Gasteiger partial charge >= 0.3 is 0 Å². The van der Waals surface area contributed by atoms with Gasteiger partial charge in [0.15, 0.2) is 0 Å². The molecule has 0 spiro atoms. The van der Waals surface area contributed by atoms with Gasteiger partial charge in [0.2, 0.25) is 0 Å². The minimum Gasteiger partial charge on any atom is -0.493 e. The molecule has 88 valence electrons. The van der Waals surface area contributed by atoms with E-state index < -0.39 is 0 Å². The molecule has 3 heteroatoms. The Morgan fingerprint density at radius 2 is 2.25 bits per heavy atom. The first kappa shape index (κ1) is 11.4. The van der Waals surface area contributed by atoms with E-state index in [0.717, 1.165) is 25.2 Å². The average Bonchev–Trinajstić information content (AvgIpc) is 2.76. The third-order valence-corrected chi connectivity index (χ3v) is 2.71. The molecule has 0 aromatic heterocycles. The molecule has 0 bridgehead atoms. The molecule has 2 rings (SSSR count). The lowest BCUT2D eigenvalue weighted by Crippen LogP contribution is -2.01. The molecule has 1 aromatic rings. The van der Waals surface area contributed by atoms with Crippen molar-refractivity contribution in [3.63, 3.8) is 0 Å². The highest BCUT2D eigenvalue weighted by atomic mass is 19.1. The molecule has 0 amide bonds. The fourth-order valence-corrected chi connectivity index (χ4v) is 1.84. The first-order chi connectivity index (χ1) is 7.90. The maximum atomic E-state index is 11.8. The van der Waals surface area contributed by atoms with Crippen LogP contribution in [0.25, 0.3) is 0 Å². The fourth-order valence-electron chi connectivity index (χ4n) is 1.84. The van der Waals surface area contributed by atoms with E-state index in [4.69, 9.17) is 9.47 Å². The van der Waals surface area contributed by atoms with Crippen molar-refractivity contribution in [3.05, 3.63) is 29.3 Å². The second kappa shape index (κ2) is 5.85. The van der Waals surface area contributed by atoms with Gasteiger partial charge < -0.3 is 9.47 Å². The van der Waals surface area contributed by atoms with E-state index in [1.165, 1.54) is 11.1 Å². The van der Waals surface area contributed by atoms with Crippen LogP contribution in [0.2, 0.25) is 0 Å². The van der Waals surface area contributed by atoms with Crippen LogP contribution < -0.4 is 4.74 Å². The van der Waals surface area contributed by atoms with E-state index >= 15 is 0 Å². The molecule has 0 atom stereocenters. The standard InChI is InChI=1S/C13H17FO2/c14-6-1-7-15-8-4-11-2-3-13-12(10-11)5-9-16-13/h2-3,10H,1,4-9H2. The lowest BCUT2D eigenvalue weighted by molar-refractivity contribution is 0.129. The van der Waals surface area contributed by atoms with Crippen LogP contribution in [0.5, 0.6) is 5.75 Å². The zero-order valence-corrected chi connectivity index (χ0v) is 9.38.